The molecule has 68 heavy (non-hydrogen) atoms. The Morgan fingerprint density at radius 3 is 1.53 bits per heavy atom. The molecule has 0 saturated carbocycles. The van der Waals surface area contributed by atoms with Gasteiger partial charge in [-0.25, -0.2) is 0 Å². The first-order chi connectivity index (χ1) is 33.5. The minimum atomic E-state index is -0.161. The number of benzene rings is 12. The molecule has 318 valence electrons. The number of nitrogens with zero attached hydrogens (tertiary/aromatic N) is 1. The van der Waals surface area contributed by atoms with Gasteiger partial charge in [0, 0.05) is 22.4 Å². The van der Waals surface area contributed by atoms with Crippen LogP contribution >= 0.6 is 0 Å². The summed E-state index contributed by atoms with van der Waals surface area (Å²) in [5.41, 5.74) is 10.9. The molecular formula is C67H45N. The van der Waals surface area contributed by atoms with E-state index in [2.05, 4.69) is 255 Å². The highest BCUT2D eigenvalue weighted by Gasteiger charge is 2.36. The van der Waals surface area contributed by atoms with Gasteiger partial charge in [-0.1, -0.05) is 214 Å². The molecule has 0 amide bonds. The summed E-state index contributed by atoms with van der Waals surface area (Å²) in [5.74, 6) is 0. The van der Waals surface area contributed by atoms with Crippen molar-refractivity contribution in [3.05, 3.63) is 248 Å². The zero-order valence-electron chi connectivity index (χ0n) is 38.0. The minimum absolute atomic E-state index is 0.161. The number of rotatable bonds is 4. The first-order valence-corrected chi connectivity index (χ1v) is 23.8. The van der Waals surface area contributed by atoms with Gasteiger partial charge in [0.25, 0.3) is 0 Å². The maximum atomic E-state index is 2.51. The monoisotopic (exact) mass is 863 g/mol. The summed E-state index contributed by atoms with van der Waals surface area (Å²) in [6.45, 7) is 4.75. The Balaban J connectivity index is 1.17. The third-order valence-corrected chi connectivity index (χ3v) is 15.2. The smallest absolute Gasteiger partial charge is 0.0540 e. The van der Waals surface area contributed by atoms with Crippen molar-refractivity contribution < 1.29 is 0 Å². The average Bonchev–Trinajstić information content (AvgIpc) is 3.63. The Labute approximate surface area is 395 Å². The van der Waals surface area contributed by atoms with Gasteiger partial charge in [-0.15, -0.1) is 0 Å². The highest BCUT2D eigenvalue weighted by atomic mass is 15.1. The molecule has 0 unspecified atom stereocenters. The average molecular weight is 864 g/mol. The summed E-state index contributed by atoms with van der Waals surface area (Å²) in [6.07, 6.45) is 0. The second-order valence-electron chi connectivity index (χ2n) is 19.1. The highest BCUT2D eigenvalue weighted by molar-refractivity contribution is 6.36. The largest absolute Gasteiger partial charge is 0.310 e. The molecule has 0 radical (unpaired) electrons. The van der Waals surface area contributed by atoms with Crippen LogP contribution in [0, 0.1) is 0 Å². The predicted octanol–water partition coefficient (Wildman–Crippen LogP) is 18.9. The van der Waals surface area contributed by atoms with Crippen molar-refractivity contribution in [2.45, 2.75) is 19.3 Å². The van der Waals surface area contributed by atoms with Crippen LogP contribution in [0.4, 0.5) is 17.1 Å². The number of para-hydroxylation sites is 1. The van der Waals surface area contributed by atoms with Crippen LogP contribution in [0.3, 0.4) is 0 Å². The molecule has 0 atom stereocenters. The summed E-state index contributed by atoms with van der Waals surface area (Å²) in [4.78, 5) is 2.51. The van der Waals surface area contributed by atoms with E-state index in [-0.39, 0.29) is 5.41 Å². The predicted molar refractivity (Wildman–Crippen MR) is 293 cm³/mol. The Hall–Kier alpha value is -8.52. The van der Waals surface area contributed by atoms with E-state index in [1.807, 2.05) is 0 Å². The molecule has 0 heterocycles. The Kier molecular flexibility index (Phi) is 8.40. The van der Waals surface area contributed by atoms with E-state index < -0.39 is 0 Å². The molecule has 0 saturated heterocycles. The lowest BCUT2D eigenvalue weighted by molar-refractivity contribution is 0.660. The molecule has 1 nitrogen and oxygen atoms in total. The number of fused-ring (bicyclic) bond motifs is 14. The van der Waals surface area contributed by atoms with Crippen LogP contribution in [0.2, 0.25) is 0 Å². The Morgan fingerprint density at radius 1 is 0.279 bits per heavy atom. The van der Waals surface area contributed by atoms with Crippen molar-refractivity contribution in [1.29, 1.82) is 0 Å². The molecule has 0 aliphatic heterocycles. The summed E-state index contributed by atoms with van der Waals surface area (Å²) in [6, 6.07) is 88.8. The zero-order valence-corrected chi connectivity index (χ0v) is 38.0. The normalized spacial score (nSPS) is 13.0. The Morgan fingerprint density at radius 2 is 0.794 bits per heavy atom. The molecule has 14 rings (SSSR count). The first-order valence-electron chi connectivity index (χ1n) is 23.8. The molecule has 13 aromatic carbocycles. The van der Waals surface area contributed by atoms with E-state index in [1.165, 1.54) is 120 Å². The molecule has 0 spiro atoms. The molecule has 1 heteroatoms. The third-order valence-electron chi connectivity index (χ3n) is 15.2. The van der Waals surface area contributed by atoms with Gasteiger partial charge in [0.1, 0.15) is 0 Å². The second-order valence-corrected chi connectivity index (χ2v) is 19.1. The van der Waals surface area contributed by atoms with E-state index in [0.29, 0.717) is 0 Å². The number of anilines is 3. The third kappa shape index (κ3) is 5.63. The minimum Gasteiger partial charge on any atom is -0.310 e. The molecule has 0 fully saturated rings. The van der Waals surface area contributed by atoms with Crippen LogP contribution in [-0.4, -0.2) is 0 Å². The maximum Gasteiger partial charge on any atom is 0.0540 e. The van der Waals surface area contributed by atoms with Crippen LogP contribution in [0.25, 0.3) is 108 Å². The summed E-state index contributed by atoms with van der Waals surface area (Å²) in [7, 11) is 0. The van der Waals surface area contributed by atoms with E-state index in [9.17, 15) is 0 Å². The summed E-state index contributed by atoms with van der Waals surface area (Å²) >= 11 is 0. The van der Waals surface area contributed by atoms with Gasteiger partial charge in [0.05, 0.1) is 5.69 Å². The van der Waals surface area contributed by atoms with Crippen molar-refractivity contribution in [3.63, 3.8) is 0 Å². The lowest BCUT2D eigenvalue weighted by atomic mass is 9.82. The quantitative estimate of drug-likeness (QED) is 0.159. The Bertz CT molecular complexity index is 4280. The number of hydrogen-bond donors (Lipinski definition) is 0. The fraction of sp³-hybridized carbons (Fsp3) is 0.0448. The SMILES string of the molecule is CC1(C)c2ccccc2-c2ccc(N(c3ccc4c(c3)c3ccccc3c3ccccc3c3ccccc3c3c4cc4ccc5cccc6ccc3c4c56)c3ccccc3-c3ccccc3)cc21. The van der Waals surface area contributed by atoms with Crippen molar-refractivity contribution >= 4 is 103 Å². The lowest BCUT2D eigenvalue weighted by Gasteiger charge is -2.30. The van der Waals surface area contributed by atoms with Crippen LogP contribution < -0.4 is 4.90 Å². The highest BCUT2D eigenvalue weighted by Crippen LogP contribution is 2.52. The number of hydrogen-bond acceptors (Lipinski definition) is 1. The van der Waals surface area contributed by atoms with Gasteiger partial charge < -0.3 is 4.90 Å². The van der Waals surface area contributed by atoms with E-state index in [1.54, 1.807) is 0 Å². The van der Waals surface area contributed by atoms with E-state index >= 15 is 0 Å². The van der Waals surface area contributed by atoms with Crippen LogP contribution in [0.15, 0.2) is 237 Å². The molecule has 0 N–H and O–H groups in total. The van der Waals surface area contributed by atoms with Crippen LogP contribution in [0.5, 0.6) is 0 Å². The molecular weight excluding hydrogens is 819 g/mol. The molecule has 1 aliphatic carbocycles. The molecule has 1 aliphatic rings. The van der Waals surface area contributed by atoms with Crippen molar-refractivity contribution in [1.82, 2.24) is 0 Å². The molecule has 0 bridgehead atoms. The topological polar surface area (TPSA) is 3.24 Å². The van der Waals surface area contributed by atoms with Gasteiger partial charge in [0.15, 0.2) is 0 Å². The maximum absolute atomic E-state index is 2.51. The van der Waals surface area contributed by atoms with Crippen molar-refractivity contribution in [2.75, 3.05) is 4.90 Å². The fourth-order valence-electron chi connectivity index (χ4n) is 12.1. The standard InChI is InChI=1S/C67H45N/c1-67(2)61-29-14-12-27-55(61)56-38-35-47(41-62(56)67)68(63-30-15-13-21-48(63)42-17-4-3-5-18-42)46-34-37-54-59(40-46)53-26-9-8-24-51(53)49-22-6-7-23-50(49)52-25-10-11-28-57(52)66-58-36-33-44-20-16-19-43-31-32-45(39-60(54)66)65(58)64(43)44/h3-41H,1-2H3. The van der Waals surface area contributed by atoms with Gasteiger partial charge in [0.2, 0.25) is 0 Å². The van der Waals surface area contributed by atoms with Crippen LogP contribution in [0.1, 0.15) is 25.0 Å². The molecule has 13 aromatic rings. The van der Waals surface area contributed by atoms with E-state index in [0.717, 1.165) is 17.1 Å². The lowest BCUT2D eigenvalue weighted by Crippen LogP contribution is -2.16. The summed E-state index contributed by atoms with van der Waals surface area (Å²) < 4.78 is 0. The van der Waals surface area contributed by atoms with Gasteiger partial charge in [-0.05, 0) is 150 Å². The van der Waals surface area contributed by atoms with Gasteiger partial charge >= 0.3 is 0 Å². The summed E-state index contributed by atoms with van der Waals surface area (Å²) in [5, 5.41) is 20.0. The molecule has 0 aromatic heterocycles. The zero-order chi connectivity index (χ0) is 45.1. The van der Waals surface area contributed by atoms with E-state index in [4.69, 9.17) is 0 Å². The second kappa shape index (κ2) is 14.7. The van der Waals surface area contributed by atoms with Crippen molar-refractivity contribution in [3.8, 4) is 22.3 Å². The van der Waals surface area contributed by atoms with Gasteiger partial charge in [-0.2, -0.15) is 0 Å². The van der Waals surface area contributed by atoms with Gasteiger partial charge in [-0.3, -0.25) is 0 Å². The first kappa shape index (κ1) is 38.7. The fourth-order valence-corrected chi connectivity index (χ4v) is 12.1. The van der Waals surface area contributed by atoms with Crippen LogP contribution in [-0.2, 0) is 5.41 Å². The van der Waals surface area contributed by atoms with Crippen molar-refractivity contribution in [2.24, 2.45) is 0 Å².